The molecule has 2 rings (SSSR count). The quantitative estimate of drug-likeness (QED) is 0.841. The van der Waals surface area contributed by atoms with Crippen molar-refractivity contribution in [2.75, 3.05) is 18.0 Å². The van der Waals surface area contributed by atoms with Crippen LogP contribution >= 0.6 is 0 Å². The van der Waals surface area contributed by atoms with Crippen LogP contribution in [0.1, 0.15) is 50.2 Å². The Hall–Kier alpha value is -1.84. The molecule has 20 heavy (non-hydrogen) atoms. The average Bonchev–Trinajstić information content (AvgIpc) is 2.38. The van der Waals surface area contributed by atoms with Crippen LogP contribution in [0.4, 0.5) is 5.82 Å². The summed E-state index contributed by atoms with van der Waals surface area (Å²) < 4.78 is 0. The molecule has 0 amide bonds. The van der Waals surface area contributed by atoms with Crippen LogP contribution in [0.5, 0.6) is 0 Å². The largest absolute Gasteiger partial charge is 0.478 e. The number of aromatic nitrogens is 1. The Labute approximate surface area is 120 Å². The van der Waals surface area contributed by atoms with Crippen molar-refractivity contribution in [3.8, 4) is 0 Å². The van der Waals surface area contributed by atoms with Gasteiger partial charge in [0.1, 0.15) is 5.82 Å². The van der Waals surface area contributed by atoms with Gasteiger partial charge in [-0.1, -0.05) is 32.4 Å². The van der Waals surface area contributed by atoms with Gasteiger partial charge in [0.15, 0.2) is 0 Å². The predicted octanol–water partition coefficient (Wildman–Crippen LogP) is 3.23. The van der Waals surface area contributed by atoms with E-state index in [1.54, 1.807) is 12.1 Å². The maximum atomic E-state index is 11.3. The lowest BCUT2D eigenvalue weighted by Crippen LogP contribution is -2.30. The zero-order valence-corrected chi connectivity index (χ0v) is 12.6. The number of carboxylic acid groups (broad SMARTS) is 1. The van der Waals surface area contributed by atoms with Crippen molar-refractivity contribution in [3.05, 3.63) is 35.0 Å². The first kappa shape index (κ1) is 14.6. The fraction of sp³-hybridized carbons (Fsp3) is 0.500. The molecule has 4 heteroatoms. The summed E-state index contributed by atoms with van der Waals surface area (Å²) in [6, 6.07) is 3.35. The summed E-state index contributed by atoms with van der Waals surface area (Å²) >= 11 is 0. The number of nitrogens with zero attached hydrogens (tertiary/aromatic N) is 2. The first-order chi connectivity index (χ1) is 9.27. The topological polar surface area (TPSA) is 53.4 Å². The van der Waals surface area contributed by atoms with E-state index in [1.165, 1.54) is 5.57 Å². The van der Waals surface area contributed by atoms with Crippen LogP contribution in [0.15, 0.2) is 23.8 Å². The maximum Gasteiger partial charge on any atom is 0.335 e. The summed E-state index contributed by atoms with van der Waals surface area (Å²) in [6.07, 6.45) is 3.18. The molecule has 108 valence electrons. The van der Waals surface area contributed by atoms with Crippen molar-refractivity contribution < 1.29 is 9.90 Å². The van der Waals surface area contributed by atoms with Gasteiger partial charge in [0.05, 0.1) is 5.56 Å². The molecule has 0 fully saturated rings. The Morgan fingerprint density at radius 3 is 2.55 bits per heavy atom. The zero-order valence-electron chi connectivity index (χ0n) is 12.6. The Balaban J connectivity index is 2.42. The number of aromatic carboxylic acids is 1. The third-order valence-electron chi connectivity index (χ3n) is 3.59. The molecule has 2 heterocycles. The molecule has 0 bridgehead atoms. The number of pyridine rings is 1. The minimum atomic E-state index is -0.900. The second-order valence-electron chi connectivity index (χ2n) is 6.40. The number of carbonyl (C=O) groups is 1. The highest BCUT2D eigenvalue weighted by Gasteiger charge is 2.21. The van der Waals surface area contributed by atoms with Gasteiger partial charge >= 0.3 is 5.97 Å². The van der Waals surface area contributed by atoms with Gasteiger partial charge in [0.25, 0.3) is 0 Å². The normalized spacial score (nSPS) is 16.0. The van der Waals surface area contributed by atoms with Crippen LogP contribution in [0.3, 0.4) is 0 Å². The molecule has 0 aliphatic carbocycles. The van der Waals surface area contributed by atoms with Crippen LogP contribution in [0.2, 0.25) is 0 Å². The molecular formula is C16H22N2O2. The summed E-state index contributed by atoms with van der Waals surface area (Å²) in [5.41, 5.74) is 2.35. The lowest BCUT2D eigenvalue weighted by atomic mass is 9.90. The SMILES string of the molecule is CC1=CCN(c2cc(C(=O)O)cc(C(C)(C)C)n2)CC1. The van der Waals surface area contributed by atoms with Crippen molar-refractivity contribution in [2.24, 2.45) is 0 Å². The zero-order chi connectivity index (χ0) is 14.9. The smallest absolute Gasteiger partial charge is 0.335 e. The highest BCUT2D eigenvalue weighted by molar-refractivity contribution is 5.88. The fourth-order valence-electron chi connectivity index (χ4n) is 2.16. The summed E-state index contributed by atoms with van der Waals surface area (Å²) in [5, 5.41) is 9.28. The van der Waals surface area contributed by atoms with E-state index in [0.717, 1.165) is 31.0 Å². The van der Waals surface area contributed by atoms with Crippen molar-refractivity contribution in [3.63, 3.8) is 0 Å². The van der Waals surface area contributed by atoms with Crippen LogP contribution < -0.4 is 4.90 Å². The second-order valence-corrected chi connectivity index (χ2v) is 6.40. The molecule has 0 saturated carbocycles. The molecular weight excluding hydrogens is 252 g/mol. The van der Waals surface area contributed by atoms with Crippen molar-refractivity contribution in [1.29, 1.82) is 0 Å². The number of anilines is 1. The van der Waals surface area contributed by atoms with Gasteiger partial charge in [0.2, 0.25) is 0 Å². The van der Waals surface area contributed by atoms with E-state index in [4.69, 9.17) is 0 Å². The molecule has 0 unspecified atom stereocenters. The van der Waals surface area contributed by atoms with Gasteiger partial charge in [-0.25, -0.2) is 9.78 Å². The van der Waals surface area contributed by atoms with Crippen LogP contribution in [0, 0.1) is 0 Å². The number of rotatable bonds is 2. The van der Waals surface area contributed by atoms with Crippen molar-refractivity contribution >= 4 is 11.8 Å². The summed E-state index contributed by atoms with van der Waals surface area (Å²) in [6.45, 7) is 9.95. The number of hydrogen-bond donors (Lipinski definition) is 1. The first-order valence-corrected chi connectivity index (χ1v) is 6.94. The third kappa shape index (κ3) is 3.18. The predicted molar refractivity (Wildman–Crippen MR) is 80.5 cm³/mol. The van der Waals surface area contributed by atoms with E-state index in [9.17, 15) is 9.90 Å². The fourth-order valence-corrected chi connectivity index (χ4v) is 2.16. The van der Waals surface area contributed by atoms with E-state index in [-0.39, 0.29) is 5.41 Å². The van der Waals surface area contributed by atoms with Gasteiger partial charge in [-0.15, -0.1) is 0 Å². The number of carboxylic acids is 1. The van der Waals surface area contributed by atoms with Crippen molar-refractivity contribution in [1.82, 2.24) is 4.98 Å². The van der Waals surface area contributed by atoms with E-state index >= 15 is 0 Å². The van der Waals surface area contributed by atoms with E-state index in [1.807, 2.05) is 20.8 Å². The van der Waals surface area contributed by atoms with Gasteiger partial charge in [-0.3, -0.25) is 0 Å². The molecule has 0 radical (unpaired) electrons. The molecule has 4 nitrogen and oxygen atoms in total. The minimum absolute atomic E-state index is 0.165. The average molecular weight is 274 g/mol. The van der Waals surface area contributed by atoms with E-state index < -0.39 is 5.97 Å². The Morgan fingerprint density at radius 1 is 1.35 bits per heavy atom. The molecule has 0 atom stereocenters. The molecule has 1 aliphatic rings. The molecule has 0 aromatic carbocycles. The van der Waals surface area contributed by atoms with E-state index in [0.29, 0.717) is 5.56 Å². The number of hydrogen-bond acceptors (Lipinski definition) is 3. The molecule has 1 aliphatic heterocycles. The van der Waals surface area contributed by atoms with E-state index in [2.05, 4.69) is 22.9 Å². The molecule has 1 aromatic rings. The first-order valence-electron chi connectivity index (χ1n) is 6.94. The highest BCUT2D eigenvalue weighted by atomic mass is 16.4. The van der Waals surface area contributed by atoms with Gasteiger partial charge < -0.3 is 10.0 Å². The van der Waals surface area contributed by atoms with Crippen LogP contribution in [0.25, 0.3) is 0 Å². The molecule has 1 aromatic heterocycles. The van der Waals surface area contributed by atoms with Crippen molar-refractivity contribution in [2.45, 2.75) is 39.5 Å². The standard InChI is InChI=1S/C16H22N2O2/c1-11-5-7-18(8-6-11)14-10-12(15(19)20)9-13(17-14)16(2,3)4/h5,9-10H,6-8H2,1-4H3,(H,19,20). The molecule has 0 saturated heterocycles. The lowest BCUT2D eigenvalue weighted by Gasteiger charge is -2.28. The van der Waals surface area contributed by atoms with Crippen LogP contribution in [-0.4, -0.2) is 29.1 Å². The lowest BCUT2D eigenvalue weighted by molar-refractivity contribution is 0.0696. The minimum Gasteiger partial charge on any atom is -0.478 e. The third-order valence-corrected chi connectivity index (χ3v) is 3.59. The summed E-state index contributed by atoms with van der Waals surface area (Å²) in [4.78, 5) is 18.1. The van der Waals surface area contributed by atoms with Gasteiger partial charge in [-0.05, 0) is 25.5 Å². The molecule has 0 spiro atoms. The second kappa shape index (κ2) is 5.27. The molecule has 1 N–H and O–H groups in total. The van der Waals surface area contributed by atoms with Gasteiger partial charge in [-0.2, -0.15) is 0 Å². The Kier molecular flexibility index (Phi) is 3.84. The monoisotopic (exact) mass is 274 g/mol. The highest BCUT2D eigenvalue weighted by Crippen LogP contribution is 2.26. The Morgan fingerprint density at radius 2 is 2.05 bits per heavy atom. The Bertz CT molecular complexity index is 556. The van der Waals surface area contributed by atoms with Crippen LogP contribution in [-0.2, 0) is 5.41 Å². The van der Waals surface area contributed by atoms with Gasteiger partial charge in [0, 0.05) is 24.2 Å². The maximum absolute atomic E-state index is 11.3. The summed E-state index contributed by atoms with van der Waals surface area (Å²) in [5.74, 6) is -0.138. The summed E-state index contributed by atoms with van der Waals surface area (Å²) in [7, 11) is 0.